The summed E-state index contributed by atoms with van der Waals surface area (Å²) >= 11 is 0. The van der Waals surface area contributed by atoms with Crippen LogP contribution in [0.2, 0.25) is 0 Å². The van der Waals surface area contributed by atoms with Crippen molar-refractivity contribution in [2.24, 2.45) is 11.5 Å². The molecule has 0 aliphatic carbocycles. The standard InChI is InChI=1S/C16H20N2O4.C6H12N2O3/c1-9-4-5-10(2)13-11(9)8-18(14(13)20)16(3,15(21)22)7-6-12(17)19;1-6(8,5(10)11)3-2-4(7)9/h4-5H,6-8H2,1-3H3,(H2,17,19)(H,21,22);2-3,8H2,1H3,(H2,7,9)(H,10,11)/p+1. The Hall–Kier alpha value is -3.47. The third kappa shape index (κ3) is 6.51. The molecular formula is C22H33N4O7+. The second kappa shape index (κ2) is 10.4. The molecular weight excluding hydrogens is 432 g/mol. The number of hydrogen-bond acceptors (Lipinski definition) is 5. The minimum absolute atomic E-state index is 0.00447. The van der Waals surface area contributed by atoms with Crippen molar-refractivity contribution in [3.63, 3.8) is 0 Å². The molecule has 0 spiro atoms. The lowest BCUT2D eigenvalue weighted by Gasteiger charge is -2.34. The second-order valence-electron chi connectivity index (χ2n) is 8.82. The van der Waals surface area contributed by atoms with Gasteiger partial charge in [0.25, 0.3) is 5.91 Å². The van der Waals surface area contributed by atoms with Crippen LogP contribution in [0.4, 0.5) is 0 Å². The average Bonchev–Trinajstić information content (AvgIpc) is 3.07. The van der Waals surface area contributed by atoms with Crippen LogP contribution in [0, 0.1) is 13.8 Å². The van der Waals surface area contributed by atoms with Crippen LogP contribution in [0.25, 0.3) is 0 Å². The van der Waals surface area contributed by atoms with Crippen molar-refractivity contribution in [2.45, 2.75) is 71.0 Å². The Bertz CT molecular complexity index is 974. The van der Waals surface area contributed by atoms with Crippen LogP contribution >= 0.6 is 0 Å². The Morgan fingerprint density at radius 1 is 0.970 bits per heavy atom. The van der Waals surface area contributed by atoms with Gasteiger partial charge in [-0.1, -0.05) is 12.1 Å². The van der Waals surface area contributed by atoms with E-state index in [1.54, 1.807) is 0 Å². The van der Waals surface area contributed by atoms with Crippen molar-refractivity contribution in [2.75, 3.05) is 0 Å². The van der Waals surface area contributed by atoms with E-state index in [4.69, 9.17) is 16.6 Å². The smallest absolute Gasteiger partial charge is 0.365 e. The summed E-state index contributed by atoms with van der Waals surface area (Å²) in [5, 5.41) is 18.1. The van der Waals surface area contributed by atoms with Crippen molar-refractivity contribution in [3.8, 4) is 0 Å². The molecule has 2 unspecified atom stereocenters. The van der Waals surface area contributed by atoms with Gasteiger partial charge in [0.1, 0.15) is 5.54 Å². The number of rotatable bonds is 9. The van der Waals surface area contributed by atoms with Gasteiger partial charge in [-0.3, -0.25) is 14.4 Å². The molecule has 11 heteroatoms. The number of primary amides is 2. The van der Waals surface area contributed by atoms with Crippen LogP contribution < -0.4 is 17.2 Å². The van der Waals surface area contributed by atoms with Crippen molar-refractivity contribution < 1.29 is 39.9 Å². The lowest BCUT2D eigenvalue weighted by atomic mass is 9.93. The van der Waals surface area contributed by atoms with Crippen LogP contribution in [0.5, 0.6) is 0 Å². The molecule has 0 saturated carbocycles. The first-order valence-corrected chi connectivity index (χ1v) is 10.3. The molecule has 1 aromatic rings. The fourth-order valence-electron chi connectivity index (χ4n) is 3.36. The van der Waals surface area contributed by atoms with Gasteiger partial charge < -0.3 is 32.3 Å². The van der Waals surface area contributed by atoms with Crippen molar-refractivity contribution in [1.29, 1.82) is 0 Å². The number of nitrogens with zero attached hydrogens (tertiary/aromatic N) is 1. The number of carboxylic acid groups (broad SMARTS) is 2. The lowest BCUT2D eigenvalue weighted by Crippen LogP contribution is -2.75. The van der Waals surface area contributed by atoms with Gasteiger partial charge in [0.15, 0.2) is 5.54 Å². The quantitative estimate of drug-likeness (QED) is 0.328. The van der Waals surface area contributed by atoms with Gasteiger partial charge in [0, 0.05) is 38.3 Å². The van der Waals surface area contributed by atoms with E-state index in [2.05, 4.69) is 5.73 Å². The molecule has 0 saturated heterocycles. The van der Waals surface area contributed by atoms with Gasteiger partial charge in [-0.25, -0.2) is 9.59 Å². The summed E-state index contributed by atoms with van der Waals surface area (Å²) in [6, 6.07) is 3.78. The second-order valence-corrected chi connectivity index (χ2v) is 8.82. The molecule has 2 rings (SSSR count). The van der Waals surface area contributed by atoms with Crippen LogP contribution in [0.15, 0.2) is 12.1 Å². The fourth-order valence-corrected chi connectivity index (χ4v) is 3.36. The highest BCUT2D eigenvalue weighted by atomic mass is 16.4. The predicted molar refractivity (Wildman–Crippen MR) is 118 cm³/mol. The first-order valence-electron chi connectivity index (χ1n) is 10.3. The molecule has 11 nitrogen and oxygen atoms in total. The Balaban J connectivity index is 0.000000420. The minimum Gasteiger partial charge on any atom is -0.480 e. The van der Waals surface area contributed by atoms with Gasteiger partial charge in [0.2, 0.25) is 11.8 Å². The first-order chi connectivity index (χ1) is 15.0. The Labute approximate surface area is 191 Å². The number of amides is 3. The summed E-state index contributed by atoms with van der Waals surface area (Å²) in [6.07, 6.45) is 0.153. The minimum atomic E-state index is -1.45. The Morgan fingerprint density at radius 2 is 1.45 bits per heavy atom. The average molecular weight is 466 g/mol. The SMILES string of the molecule is CC([NH3+])(CCC(N)=O)C(=O)O.Cc1ccc(C)c2c1CN(C(C)(CCC(N)=O)C(=O)O)C2=O. The fraction of sp³-hybridized carbons (Fsp3) is 0.500. The maximum Gasteiger partial charge on any atom is 0.365 e. The first kappa shape index (κ1) is 27.6. The van der Waals surface area contributed by atoms with E-state index in [-0.39, 0.29) is 38.1 Å². The number of carboxylic acids is 2. The summed E-state index contributed by atoms with van der Waals surface area (Å²) in [6.45, 7) is 6.89. The van der Waals surface area contributed by atoms with E-state index in [9.17, 15) is 29.1 Å². The lowest BCUT2D eigenvalue weighted by molar-refractivity contribution is -0.457. The van der Waals surface area contributed by atoms with Gasteiger partial charge in [-0.15, -0.1) is 0 Å². The summed E-state index contributed by atoms with van der Waals surface area (Å²) in [5.74, 6) is -3.53. The molecule has 1 aromatic carbocycles. The molecule has 182 valence electrons. The summed E-state index contributed by atoms with van der Waals surface area (Å²) in [5.41, 5.74) is 14.1. The molecule has 1 aliphatic rings. The highest BCUT2D eigenvalue weighted by molar-refractivity contribution is 6.03. The molecule has 33 heavy (non-hydrogen) atoms. The third-order valence-corrected chi connectivity index (χ3v) is 5.88. The largest absolute Gasteiger partial charge is 0.480 e. The van der Waals surface area contributed by atoms with E-state index in [0.717, 1.165) is 16.7 Å². The Kier molecular flexibility index (Phi) is 8.71. The summed E-state index contributed by atoms with van der Waals surface area (Å²) in [4.78, 5) is 57.5. The molecule has 1 heterocycles. The molecule has 9 N–H and O–H groups in total. The highest BCUT2D eigenvalue weighted by Gasteiger charge is 2.46. The number of carbonyl (C=O) groups is 5. The highest BCUT2D eigenvalue weighted by Crippen LogP contribution is 2.35. The van der Waals surface area contributed by atoms with E-state index in [1.165, 1.54) is 18.7 Å². The van der Waals surface area contributed by atoms with Crippen LogP contribution in [0.3, 0.4) is 0 Å². The van der Waals surface area contributed by atoms with Crippen LogP contribution in [-0.2, 0) is 25.7 Å². The van der Waals surface area contributed by atoms with Crippen molar-refractivity contribution >= 4 is 29.7 Å². The number of nitrogens with two attached hydrogens (primary N) is 2. The molecule has 3 amide bonds. The molecule has 1 aliphatic heterocycles. The third-order valence-electron chi connectivity index (χ3n) is 5.88. The normalized spacial score (nSPS) is 16.0. The number of carbonyl (C=O) groups excluding carboxylic acids is 3. The number of quaternary nitrogens is 1. The van der Waals surface area contributed by atoms with Crippen LogP contribution in [0.1, 0.15) is 66.6 Å². The predicted octanol–water partition coefficient (Wildman–Crippen LogP) is -0.295. The summed E-state index contributed by atoms with van der Waals surface area (Å²) in [7, 11) is 0. The van der Waals surface area contributed by atoms with E-state index in [0.29, 0.717) is 5.56 Å². The summed E-state index contributed by atoms with van der Waals surface area (Å²) < 4.78 is 0. The monoisotopic (exact) mass is 465 g/mol. The molecule has 2 atom stereocenters. The molecule has 0 fully saturated rings. The molecule has 0 bridgehead atoms. The number of fused-ring (bicyclic) bond motifs is 1. The van der Waals surface area contributed by atoms with E-state index < -0.39 is 34.8 Å². The number of aliphatic carboxylic acids is 2. The van der Waals surface area contributed by atoms with Crippen molar-refractivity contribution in [1.82, 2.24) is 4.90 Å². The van der Waals surface area contributed by atoms with Gasteiger partial charge in [-0.2, -0.15) is 0 Å². The van der Waals surface area contributed by atoms with E-state index >= 15 is 0 Å². The van der Waals surface area contributed by atoms with Crippen LogP contribution in [-0.4, -0.2) is 55.9 Å². The zero-order valence-electron chi connectivity index (χ0n) is 19.4. The zero-order chi connectivity index (χ0) is 25.7. The number of aryl methyl sites for hydroxylation is 2. The Morgan fingerprint density at radius 3 is 1.88 bits per heavy atom. The number of benzene rings is 1. The molecule has 0 aromatic heterocycles. The van der Waals surface area contributed by atoms with Gasteiger partial charge in [0.05, 0.1) is 0 Å². The van der Waals surface area contributed by atoms with Gasteiger partial charge >= 0.3 is 11.9 Å². The topological polar surface area (TPSA) is 209 Å². The maximum atomic E-state index is 12.7. The zero-order valence-corrected chi connectivity index (χ0v) is 19.4. The van der Waals surface area contributed by atoms with Gasteiger partial charge in [-0.05, 0) is 43.9 Å². The number of hydrogen-bond donors (Lipinski definition) is 5. The van der Waals surface area contributed by atoms with E-state index in [1.807, 2.05) is 26.0 Å². The maximum absolute atomic E-state index is 12.7. The molecule has 0 radical (unpaired) electrons. The van der Waals surface area contributed by atoms with Crippen molar-refractivity contribution in [3.05, 3.63) is 34.4 Å².